The molecule has 0 saturated carbocycles. The van der Waals surface area contributed by atoms with Gasteiger partial charge in [0.15, 0.2) is 0 Å². The van der Waals surface area contributed by atoms with E-state index in [0.717, 1.165) is 31.4 Å². The number of nitrogens with zero attached hydrogens (tertiary/aromatic N) is 4. The minimum atomic E-state index is -0.413. The maximum Gasteiger partial charge on any atom is 0.293 e. The minimum absolute atomic E-state index is 0.0865. The van der Waals surface area contributed by atoms with E-state index >= 15 is 0 Å². The summed E-state index contributed by atoms with van der Waals surface area (Å²) in [6, 6.07) is 7.56. The number of amides is 1. The molecule has 0 spiro atoms. The van der Waals surface area contributed by atoms with Crippen molar-refractivity contribution in [3.8, 4) is 11.3 Å². The Morgan fingerprint density at radius 1 is 1.29 bits per heavy atom. The normalized spacial score (nSPS) is 17.5. The Bertz CT molecular complexity index is 980. The van der Waals surface area contributed by atoms with Crippen molar-refractivity contribution in [2.45, 2.75) is 31.7 Å². The van der Waals surface area contributed by atoms with Gasteiger partial charge >= 0.3 is 0 Å². The van der Waals surface area contributed by atoms with Crippen molar-refractivity contribution in [3.05, 3.63) is 58.8 Å². The van der Waals surface area contributed by atoms with Crippen LogP contribution < -0.4 is 0 Å². The molecule has 6 nitrogen and oxygen atoms in total. The molecule has 0 N–H and O–H groups in total. The van der Waals surface area contributed by atoms with E-state index in [9.17, 15) is 9.18 Å². The van der Waals surface area contributed by atoms with Crippen molar-refractivity contribution in [2.75, 3.05) is 6.54 Å². The van der Waals surface area contributed by atoms with E-state index < -0.39 is 5.82 Å². The Morgan fingerprint density at radius 2 is 2.11 bits per heavy atom. The molecule has 3 aromatic rings. The predicted molar refractivity (Wildman–Crippen MR) is 102 cm³/mol. The predicted octanol–water partition coefficient (Wildman–Crippen LogP) is 4.63. The van der Waals surface area contributed by atoms with Gasteiger partial charge in [0.1, 0.15) is 11.5 Å². The number of hydrogen-bond donors (Lipinski definition) is 0. The smallest absolute Gasteiger partial charge is 0.293 e. The molecule has 146 valence electrons. The highest BCUT2D eigenvalue weighted by Crippen LogP contribution is 2.35. The first kappa shape index (κ1) is 18.7. The first-order valence-corrected chi connectivity index (χ1v) is 9.64. The molecule has 1 fully saturated rings. The molecule has 1 aromatic carbocycles. The van der Waals surface area contributed by atoms with Crippen LogP contribution in [0.3, 0.4) is 0 Å². The van der Waals surface area contributed by atoms with Gasteiger partial charge in [0.2, 0.25) is 5.76 Å². The third-order valence-corrected chi connectivity index (χ3v) is 5.43. The number of carbonyl (C=O) groups excluding carboxylic acids is 1. The van der Waals surface area contributed by atoms with Gasteiger partial charge in [-0.2, -0.15) is 5.10 Å². The molecule has 1 atom stereocenters. The number of hydrogen-bond acceptors (Lipinski definition) is 4. The zero-order chi connectivity index (χ0) is 19.7. The molecule has 1 amide bonds. The summed E-state index contributed by atoms with van der Waals surface area (Å²) >= 11 is 6.35. The fourth-order valence-corrected chi connectivity index (χ4v) is 4.04. The van der Waals surface area contributed by atoms with Crippen molar-refractivity contribution in [1.82, 2.24) is 19.8 Å². The van der Waals surface area contributed by atoms with Gasteiger partial charge in [-0.05, 0) is 25.0 Å². The molecule has 1 aliphatic rings. The molecule has 0 bridgehead atoms. The SMILES string of the molecule is Cn1ncc(Cl)c1[C@H]1CCCCCN1C(=O)c1cc(-c2ccccc2F)no1. The Hall–Kier alpha value is -2.67. The second kappa shape index (κ2) is 7.75. The van der Waals surface area contributed by atoms with Crippen LogP contribution in [-0.4, -0.2) is 32.3 Å². The molecule has 1 aliphatic heterocycles. The summed E-state index contributed by atoms with van der Waals surface area (Å²) in [6.07, 6.45) is 5.31. The monoisotopic (exact) mass is 402 g/mol. The van der Waals surface area contributed by atoms with Gasteiger partial charge in [0, 0.05) is 25.2 Å². The number of benzene rings is 1. The highest BCUT2D eigenvalue weighted by molar-refractivity contribution is 6.31. The second-order valence-electron chi connectivity index (χ2n) is 6.92. The molecule has 0 unspecified atom stereocenters. The van der Waals surface area contributed by atoms with Crippen molar-refractivity contribution in [1.29, 1.82) is 0 Å². The lowest BCUT2D eigenvalue weighted by Gasteiger charge is -2.29. The number of aryl methyl sites for hydroxylation is 1. The van der Waals surface area contributed by atoms with Crippen LogP contribution in [0.2, 0.25) is 5.02 Å². The zero-order valence-corrected chi connectivity index (χ0v) is 16.2. The molecule has 2 aromatic heterocycles. The average Bonchev–Trinajstić information content (AvgIpc) is 3.22. The lowest BCUT2D eigenvalue weighted by Crippen LogP contribution is -2.35. The number of likely N-dealkylation sites (tertiary alicyclic amines) is 1. The van der Waals surface area contributed by atoms with Crippen LogP contribution in [0.1, 0.15) is 48.0 Å². The van der Waals surface area contributed by atoms with Gasteiger partial charge in [-0.3, -0.25) is 9.48 Å². The number of aromatic nitrogens is 3. The summed E-state index contributed by atoms with van der Waals surface area (Å²) < 4.78 is 21.0. The summed E-state index contributed by atoms with van der Waals surface area (Å²) in [5, 5.41) is 8.65. The minimum Gasteiger partial charge on any atom is -0.350 e. The van der Waals surface area contributed by atoms with Crippen molar-refractivity contribution < 1.29 is 13.7 Å². The van der Waals surface area contributed by atoms with Crippen molar-refractivity contribution >= 4 is 17.5 Å². The van der Waals surface area contributed by atoms with Gasteiger partial charge in [0.25, 0.3) is 5.91 Å². The van der Waals surface area contributed by atoms with E-state index in [4.69, 9.17) is 16.1 Å². The third-order valence-electron chi connectivity index (χ3n) is 5.14. The molecule has 4 rings (SSSR count). The van der Waals surface area contributed by atoms with Crippen LogP contribution in [-0.2, 0) is 7.05 Å². The maximum absolute atomic E-state index is 14.0. The standard InChI is InChI=1S/C20H20ClFN4O2/c1-25-19(14(21)12-23-25)17-9-3-2-6-10-26(17)20(27)18-11-16(24-28-18)13-7-4-5-8-15(13)22/h4-5,7-8,11-12,17H,2-3,6,9-10H2,1H3/t17-/m1/s1. The van der Waals surface area contributed by atoms with Crippen LogP contribution >= 0.6 is 11.6 Å². The van der Waals surface area contributed by atoms with E-state index in [2.05, 4.69) is 10.3 Å². The Kier molecular flexibility index (Phi) is 5.17. The molecule has 28 heavy (non-hydrogen) atoms. The van der Waals surface area contributed by atoms with Gasteiger partial charge < -0.3 is 9.42 Å². The van der Waals surface area contributed by atoms with Gasteiger partial charge in [0.05, 0.1) is 23.0 Å². The van der Waals surface area contributed by atoms with Crippen LogP contribution in [0.4, 0.5) is 4.39 Å². The largest absolute Gasteiger partial charge is 0.350 e. The molecule has 1 saturated heterocycles. The average molecular weight is 403 g/mol. The summed E-state index contributed by atoms with van der Waals surface area (Å²) in [7, 11) is 1.82. The summed E-state index contributed by atoms with van der Waals surface area (Å²) in [5.74, 6) is -0.605. The molecular formula is C20H20ClFN4O2. The zero-order valence-electron chi connectivity index (χ0n) is 15.4. The van der Waals surface area contributed by atoms with E-state index in [1.807, 2.05) is 7.05 Å². The molecule has 3 heterocycles. The van der Waals surface area contributed by atoms with Crippen LogP contribution in [0.5, 0.6) is 0 Å². The topological polar surface area (TPSA) is 64.2 Å². The van der Waals surface area contributed by atoms with Gasteiger partial charge in [-0.1, -0.05) is 41.7 Å². The summed E-state index contributed by atoms with van der Waals surface area (Å²) in [5.41, 5.74) is 1.41. The highest BCUT2D eigenvalue weighted by Gasteiger charge is 2.33. The molecule has 0 aliphatic carbocycles. The van der Waals surface area contributed by atoms with Crippen LogP contribution in [0.15, 0.2) is 41.1 Å². The lowest BCUT2D eigenvalue weighted by atomic mass is 10.1. The van der Waals surface area contributed by atoms with Crippen LogP contribution in [0, 0.1) is 5.82 Å². The van der Waals surface area contributed by atoms with Crippen molar-refractivity contribution in [2.24, 2.45) is 7.05 Å². The number of carbonyl (C=O) groups is 1. The molecule has 0 radical (unpaired) electrons. The Balaban J connectivity index is 1.66. The third kappa shape index (κ3) is 3.42. The summed E-state index contributed by atoms with van der Waals surface area (Å²) in [4.78, 5) is 15.0. The van der Waals surface area contributed by atoms with E-state index in [-0.39, 0.29) is 17.7 Å². The van der Waals surface area contributed by atoms with E-state index in [1.54, 1.807) is 34.0 Å². The van der Waals surface area contributed by atoms with Crippen LogP contribution in [0.25, 0.3) is 11.3 Å². The highest BCUT2D eigenvalue weighted by atomic mass is 35.5. The van der Waals surface area contributed by atoms with Crippen molar-refractivity contribution in [3.63, 3.8) is 0 Å². The quantitative estimate of drug-likeness (QED) is 0.641. The first-order chi connectivity index (χ1) is 13.6. The second-order valence-corrected chi connectivity index (χ2v) is 7.33. The van der Waals surface area contributed by atoms with Gasteiger partial charge in [-0.15, -0.1) is 0 Å². The fraction of sp³-hybridized carbons (Fsp3) is 0.350. The fourth-order valence-electron chi connectivity index (χ4n) is 3.74. The van der Waals surface area contributed by atoms with E-state index in [0.29, 0.717) is 22.8 Å². The number of halogens is 2. The molecular weight excluding hydrogens is 383 g/mol. The Morgan fingerprint density at radius 3 is 2.86 bits per heavy atom. The van der Waals surface area contributed by atoms with Gasteiger partial charge in [-0.25, -0.2) is 4.39 Å². The molecule has 8 heteroatoms. The summed E-state index contributed by atoms with van der Waals surface area (Å²) in [6.45, 7) is 0.584. The Labute approximate surface area is 166 Å². The number of rotatable bonds is 3. The lowest BCUT2D eigenvalue weighted by molar-refractivity contribution is 0.0631. The maximum atomic E-state index is 14.0. The first-order valence-electron chi connectivity index (χ1n) is 9.26. The van der Waals surface area contributed by atoms with E-state index in [1.165, 1.54) is 12.1 Å².